The monoisotopic (exact) mass is 409 g/mol. The Morgan fingerprint density at radius 3 is 2.27 bits per heavy atom. The van der Waals surface area contributed by atoms with Crippen molar-refractivity contribution in [3.05, 3.63) is 59.7 Å². The Bertz CT molecular complexity index is 819. The van der Waals surface area contributed by atoms with E-state index in [-0.39, 0.29) is 11.3 Å². The molecule has 0 bridgehead atoms. The quantitative estimate of drug-likeness (QED) is 0.732. The molecule has 0 unspecified atom stereocenters. The lowest BCUT2D eigenvalue weighted by Crippen LogP contribution is -2.44. The zero-order valence-corrected chi connectivity index (χ0v) is 17.7. The Balaban J connectivity index is 1.40. The van der Waals surface area contributed by atoms with E-state index in [1.165, 1.54) is 18.4 Å². The van der Waals surface area contributed by atoms with Gasteiger partial charge in [-0.05, 0) is 80.5 Å². The highest BCUT2D eigenvalue weighted by Gasteiger charge is 2.35. The lowest BCUT2D eigenvalue weighted by molar-refractivity contribution is 0.0487. The van der Waals surface area contributed by atoms with E-state index in [1.807, 2.05) is 36.4 Å². The Hall–Kier alpha value is -2.53. The van der Waals surface area contributed by atoms with E-state index in [0.29, 0.717) is 31.4 Å². The Labute approximate surface area is 178 Å². The molecule has 160 valence electrons. The third-order valence-corrected chi connectivity index (χ3v) is 6.46. The molecule has 2 fully saturated rings. The molecule has 1 N–H and O–H groups in total. The number of ether oxygens (including phenoxy) is 3. The molecule has 30 heavy (non-hydrogen) atoms. The fourth-order valence-corrected chi connectivity index (χ4v) is 4.51. The smallest absolute Gasteiger partial charge is 0.251 e. The fourth-order valence-electron chi connectivity index (χ4n) is 4.51. The summed E-state index contributed by atoms with van der Waals surface area (Å²) in [7, 11) is 1.67. The Kier molecular flexibility index (Phi) is 6.58. The Morgan fingerprint density at radius 1 is 1.00 bits per heavy atom. The summed E-state index contributed by atoms with van der Waals surface area (Å²) in [5.41, 5.74) is 1.75. The molecule has 5 nitrogen and oxygen atoms in total. The summed E-state index contributed by atoms with van der Waals surface area (Å²) in [5, 5.41) is 3.16. The average molecular weight is 410 g/mol. The van der Waals surface area contributed by atoms with Crippen molar-refractivity contribution in [2.45, 2.75) is 50.0 Å². The highest BCUT2D eigenvalue weighted by atomic mass is 16.5. The minimum atomic E-state index is -0.119. The molecular weight excluding hydrogens is 378 g/mol. The van der Waals surface area contributed by atoms with Crippen molar-refractivity contribution in [2.24, 2.45) is 0 Å². The number of carbonyl (C=O) groups excluding carboxylic acids is 1. The molecule has 0 aromatic heterocycles. The number of benzene rings is 2. The lowest BCUT2D eigenvalue weighted by Gasteiger charge is -2.38. The van der Waals surface area contributed by atoms with Gasteiger partial charge in [0.15, 0.2) is 0 Å². The van der Waals surface area contributed by atoms with Crippen LogP contribution in [0.25, 0.3) is 0 Å². The average Bonchev–Trinajstić information content (AvgIpc) is 3.32. The lowest BCUT2D eigenvalue weighted by atomic mass is 9.74. The first-order chi connectivity index (χ1) is 14.7. The molecule has 1 amide bonds. The minimum Gasteiger partial charge on any atom is -0.497 e. The van der Waals surface area contributed by atoms with Gasteiger partial charge in [0, 0.05) is 30.7 Å². The molecule has 1 heterocycles. The van der Waals surface area contributed by atoms with Crippen LogP contribution < -0.4 is 14.8 Å². The molecule has 5 heteroatoms. The molecule has 1 saturated carbocycles. The minimum absolute atomic E-state index is 0.0539. The maximum Gasteiger partial charge on any atom is 0.251 e. The topological polar surface area (TPSA) is 56.8 Å². The zero-order chi connectivity index (χ0) is 20.8. The third kappa shape index (κ3) is 4.78. The van der Waals surface area contributed by atoms with Gasteiger partial charge >= 0.3 is 0 Å². The SMILES string of the molecule is COc1ccc(C2(CNC(=O)c3ccc(OC4CCCC4)cc3)CCOCC2)cc1. The van der Waals surface area contributed by atoms with Gasteiger partial charge in [-0.25, -0.2) is 0 Å². The maximum absolute atomic E-state index is 12.8. The highest BCUT2D eigenvalue weighted by molar-refractivity contribution is 5.94. The molecule has 4 rings (SSSR count). The van der Waals surface area contributed by atoms with Gasteiger partial charge in [-0.2, -0.15) is 0 Å². The number of amides is 1. The molecule has 1 aliphatic carbocycles. The van der Waals surface area contributed by atoms with E-state index in [2.05, 4.69) is 17.4 Å². The summed E-state index contributed by atoms with van der Waals surface area (Å²) < 4.78 is 16.9. The molecule has 0 spiro atoms. The van der Waals surface area contributed by atoms with Crippen molar-refractivity contribution in [2.75, 3.05) is 26.9 Å². The van der Waals surface area contributed by atoms with E-state index in [1.54, 1.807) is 7.11 Å². The van der Waals surface area contributed by atoms with Gasteiger partial charge in [0.2, 0.25) is 0 Å². The number of nitrogens with one attached hydrogen (secondary N) is 1. The van der Waals surface area contributed by atoms with Crippen LogP contribution in [-0.2, 0) is 10.2 Å². The first-order valence-electron chi connectivity index (χ1n) is 11.0. The van der Waals surface area contributed by atoms with Gasteiger partial charge < -0.3 is 19.5 Å². The van der Waals surface area contributed by atoms with Crippen molar-refractivity contribution >= 4 is 5.91 Å². The molecule has 2 aromatic carbocycles. The number of methoxy groups -OCH3 is 1. The number of rotatable bonds is 7. The predicted octanol–water partition coefficient (Wildman–Crippen LogP) is 4.49. The van der Waals surface area contributed by atoms with Crippen LogP contribution in [0.15, 0.2) is 48.5 Å². The van der Waals surface area contributed by atoms with Gasteiger partial charge in [-0.15, -0.1) is 0 Å². The molecule has 1 aliphatic heterocycles. The van der Waals surface area contributed by atoms with Crippen molar-refractivity contribution in [3.63, 3.8) is 0 Å². The normalized spacial score (nSPS) is 18.7. The van der Waals surface area contributed by atoms with Crippen molar-refractivity contribution in [1.82, 2.24) is 5.32 Å². The van der Waals surface area contributed by atoms with Gasteiger partial charge in [0.1, 0.15) is 11.5 Å². The first-order valence-corrected chi connectivity index (χ1v) is 11.0. The standard InChI is InChI=1S/C25H31NO4/c1-28-21-12-8-20(9-13-21)25(14-16-29-17-15-25)18-26-24(27)19-6-10-23(11-7-19)30-22-4-2-3-5-22/h6-13,22H,2-5,14-18H2,1H3,(H,26,27). The summed E-state index contributed by atoms with van der Waals surface area (Å²) in [5.74, 6) is 1.63. The summed E-state index contributed by atoms with van der Waals surface area (Å²) in [6, 6.07) is 15.7. The maximum atomic E-state index is 12.8. The van der Waals surface area contributed by atoms with Crippen LogP contribution >= 0.6 is 0 Å². The van der Waals surface area contributed by atoms with Crippen LogP contribution in [0.4, 0.5) is 0 Å². The van der Waals surface area contributed by atoms with Gasteiger partial charge in [-0.3, -0.25) is 4.79 Å². The number of carbonyl (C=O) groups is 1. The third-order valence-electron chi connectivity index (χ3n) is 6.46. The largest absolute Gasteiger partial charge is 0.497 e. The molecule has 0 radical (unpaired) electrons. The molecular formula is C25H31NO4. The molecule has 1 saturated heterocycles. The van der Waals surface area contributed by atoms with E-state index < -0.39 is 0 Å². The van der Waals surface area contributed by atoms with Gasteiger partial charge in [0.05, 0.1) is 13.2 Å². The fraction of sp³-hybridized carbons (Fsp3) is 0.480. The number of hydrogen-bond donors (Lipinski definition) is 1. The van der Waals surface area contributed by atoms with Crippen molar-refractivity contribution in [3.8, 4) is 11.5 Å². The molecule has 0 atom stereocenters. The summed E-state index contributed by atoms with van der Waals surface area (Å²) in [6.07, 6.45) is 6.82. The second kappa shape index (κ2) is 9.52. The number of hydrogen-bond acceptors (Lipinski definition) is 4. The van der Waals surface area contributed by atoms with Crippen LogP contribution in [-0.4, -0.2) is 38.9 Å². The summed E-state index contributed by atoms with van der Waals surface area (Å²) in [4.78, 5) is 12.8. The second-order valence-corrected chi connectivity index (χ2v) is 8.35. The van der Waals surface area contributed by atoms with E-state index in [9.17, 15) is 4.79 Å². The summed E-state index contributed by atoms with van der Waals surface area (Å²) in [6.45, 7) is 1.99. The highest BCUT2D eigenvalue weighted by Crippen LogP contribution is 2.35. The van der Waals surface area contributed by atoms with Gasteiger partial charge in [-0.1, -0.05) is 12.1 Å². The molecule has 2 aromatic rings. The van der Waals surface area contributed by atoms with Crippen LogP contribution in [0.1, 0.15) is 54.4 Å². The zero-order valence-electron chi connectivity index (χ0n) is 17.7. The predicted molar refractivity (Wildman–Crippen MR) is 116 cm³/mol. The van der Waals surface area contributed by atoms with E-state index >= 15 is 0 Å². The van der Waals surface area contributed by atoms with E-state index in [0.717, 1.165) is 37.2 Å². The van der Waals surface area contributed by atoms with Crippen LogP contribution in [0.5, 0.6) is 11.5 Å². The van der Waals surface area contributed by atoms with Crippen LogP contribution in [0.2, 0.25) is 0 Å². The molecule has 2 aliphatic rings. The van der Waals surface area contributed by atoms with E-state index in [4.69, 9.17) is 14.2 Å². The van der Waals surface area contributed by atoms with Crippen LogP contribution in [0.3, 0.4) is 0 Å². The van der Waals surface area contributed by atoms with Gasteiger partial charge in [0.25, 0.3) is 5.91 Å². The first kappa shape index (κ1) is 20.7. The Morgan fingerprint density at radius 2 is 1.63 bits per heavy atom. The van der Waals surface area contributed by atoms with Crippen molar-refractivity contribution in [1.29, 1.82) is 0 Å². The van der Waals surface area contributed by atoms with Crippen molar-refractivity contribution < 1.29 is 19.0 Å². The second-order valence-electron chi connectivity index (χ2n) is 8.35. The van der Waals surface area contributed by atoms with Crippen LogP contribution in [0, 0.1) is 0 Å². The summed E-state index contributed by atoms with van der Waals surface area (Å²) >= 11 is 0.